The lowest BCUT2D eigenvalue weighted by Gasteiger charge is -2.21. The van der Waals surface area contributed by atoms with Gasteiger partial charge in [-0.1, -0.05) is 6.07 Å². The smallest absolute Gasteiger partial charge is 0.234 e. The SMILES string of the molecule is CC(C(N)=O)N(C)CCOc1cccc(F)c1. The number of amides is 1. The summed E-state index contributed by atoms with van der Waals surface area (Å²) in [6, 6.07) is 5.60. The van der Waals surface area contributed by atoms with Gasteiger partial charge in [0.25, 0.3) is 0 Å². The number of hydrogen-bond acceptors (Lipinski definition) is 3. The first-order chi connectivity index (χ1) is 8.00. The number of ether oxygens (including phenoxy) is 1. The molecule has 0 fully saturated rings. The summed E-state index contributed by atoms with van der Waals surface area (Å²) in [4.78, 5) is 12.7. The summed E-state index contributed by atoms with van der Waals surface area (Å²) in [5.41, 5.74) is 5.17. The Morgan fingerprint density at radius 2 is 2.29 bits per heavy atom. The van der Waals surface area contributed by atoms with Crippen LogP contribution in [0.5, 0.6) is 5.75 Å². The first-order valence-electron chi connectivity index (χ1n) is 5.38. The van der Waals surface area contributed by atoms with Crippen LogP contribution in [-0.4, -0.2) is 37.0 Å². The quantitative estimate of drug-likeness (QED) is 0.807. The highest BCUT2D eigenvalue weighted by Crippen LogP contribution is 2.11. The average Bonchev–Trinajstić information content (AvgIpc) is 2.27. The van der Waals surface area contributed by atoms with Gasteiger partial charge in [-0.05, 0) is 26.1 Å². The maximum atomic E-state index is 12.8. The van der Waals surface area contributed by atoms with Crippen LogP contribution in [0.3, 0.4) is 0 Å². The van der Waals surface area contributed by atoms with E-state index >= 15 is 0 Å². The second kappa shape index (κ2) is 6.20. The molecule has 0 radical (unpaired) electrons. The number of nitrogens with two attached hydrogens (primary N) is 1. The van der Waals surface area contributed by atoms with E-state index in [1.807, 2.05) is 0 Å². The van der Waals surface area contributed by atoms with Crippen molar-refractivity contribution in [3.8, 4) is 5.75 Å². The van der Waals surface area contributed by atoms with Gasteiger partial charge in [-0.25, -0.2) is 4.39 Å². The fraction of sp³-hybridized carbons (Fsp3) is 0.417. The lowest BCUT2D eigenvalue weighted by atomic mass is 10.3. The van der Waals surface area contributed by atoms with Crippen LogP contribution in [0.4, 0.5) is 4.39 Å². The van der Waals surface area contributed by atoms with Crippen molar-refractivity contribution in [2.24, 2.45) is 5.73 Å². The lowest BCUT2D eigenvalue weighted by Crippen LogP contribution is -2.42. The van der Waals surface area contributed by atoms with E-state index in [1.165, 1.54) is 12.1 Å². The summed E-state index contributed by atoms with van der Waals surface area (Å²) in [5.74, 6) is -0.232. The van der Waals surface area contributed by atoms with Gasteiger partial charge in [-0.2, -0.15) is 0 Å². The van der Waals surface area contributed by atoms with Crippen molar-refractivity contribution in [2.75, 3.05) is 20.2 Å². The van der Waals surface area contributed by atoms with E-state index < -0.39 is 0 Å². The Hall–Kier alpha value is -1.62. The highest BCUT2D eigenvalue weighted by atomic mass is 19.1. The molecule has 1 aromatic rings. The molecule has 0 aliphatic carbocycles. The summed E-state index contributed by atoms with van der Waals surface area (Å²) >= 11 is 0. The predicted octanol–water partition coefficient (Wildman–Crippen LogP) is 1.01. The minimum Gasteiger partial charge on any atom is -0.492 e. The highest BCUT2D eigenvalue weighted by molar-refractivity contribution is 5.79. The van der Waals surface area contributed by atoms with Gasteiger partial charge in [0.1, 0.15) is 18.2 Å². The highest BCUT2D eigenvalue weighted by Gasteiger charge is 2.14. The van der Waals surface area contributed by atoms with E-state index in [1.54, 1.807) is 31.0 Å². The normalized spacial score (nSPS) is 12.5. The number of benzene rings is 1. The number of halogens is 1. The molecule has 94 valence electrons. The minimum absolute atomic E-state index is 0.332. The van der Waals surface area contributed by atoms with E-state index in [9.17, 15) is 9.18 Å². The zero-order valence-corrected chi connectivity index (χ0v) is 10.0. The molecule has 1 amide bonds. The molecule has 0 aromatic heterocycles. The number of carbonyl (C=O) groups excluding carboxylic acids is 1. The van der Waals surface area contributed by atoms with E-state index in [-0.39, 0.29) is 17.8 Å². The molecular weight excluding hydrogens is 223 g/mol. The van der Waals surface area contributed by atoms with E-state index in [0.29, 0.717) is 18.9 Å². The molecule has 1 rings (SSSR count). The first-order valence-corrected chi connectivity index (χ1v) is 5.38. The number of likely N-dealkylation sites (N-methyl/N-ethyl adjacent to an activating group) is 1. The van der Waals surface area contributed by atoms with E-state index in [2.05, 4.69) is 0 Å². The molecular formula is C12H17FN2O2. The molecule has 0 saturated heterocycles. The Morgan fingerprint density at radius 3 is 2.88 bits per heavy atom. The maximum absolute atomic E-state index is 12.8. The Balaban J connectivity index is 2.35. The molecule has 0 spiro atoms. The van der Waals surface area contributed by atoms with Gasteiger partial charge >= 0.3 is 0 Å². The molecule has 2 N–H and O–H groups in total. The summed E-state index contributed by atoms with van der Waals surface area (Å²) < 4.78 is 18.2. The van der Waals surface area contributed by atoms with E-state index in [0.717, 1.165) is 0 Å². The monoisotopic (exact) mass is 240 g/mol. The standard InChI is InChI=1S/C12H17FN2O2/c1-9(12(14)16)15(2)6-7-17-11-5-3-4-10(13)8-11/h3-5,8-9H,6-7H2,1-2H3,(H2,14,16). The third kappa shape index (κ3) is 4.40. The molecule has 5 heteroatoms. The van der Waals surface area contributed by atoms with Crippen LogP contribution in [0.1, 0.15) is 6.92 Å². The Kier molecular flexibility index (Phi) is 4.90. The topological polar surface area (TPSA) is 55.6 Å². The van der Waals surface area contributed by atoms with Gasteiger partial charge in [-0.15, -0.1) is 0 Å². The maximum Gasteiger partial charge on any atom is 0.234 e. The fourth-order valence-electron chi connectivity index (χ4n) is 1.28. The van der Waals surface area contributed by atoms with Crippen molar-refractivity contribution in [3.05, 3.63) is 30.1 Å². The van der Waals surface area contributed by atoms with Gasteiger partial charge in [0.05, 0.1) is 6.04 Å². The van der Waals surface area contributed by atoms with Crippen LogP contribution in [0.25, 0.3) is 0 Å². The van der Waals surface area contributed by atoms with Gasteiger partial charge < -0.3 is 10.5 Å². The lowest BCUT2D eigenvalue weighted by molar-refractivity contribution is -0.122. The minimum atomic E-state index is -0.377. The fourth-order valence-corrected chi connectivity index (χ4v) is 1.28. The number of nitrogens with zero attached hydrogens (tertiary/aromatic N) is 1. The van der Waals surface area contributed by atoms with Crippen LogP contribution in [0.2, 0.25) is 0 Å². The average molecular weight is 240 g/mol. The first kappa shape index (κ1) is 13.4. The van der Waals surface area contributed by atoms with Crippen LogP contribution in [0.15, 0.2) is 24.3 Å². The Bertz CT molecular complexity index is 385. The molecule has 0 bridgehead atoms. The number of rotatable bonds is 6. The molecule has 0 saturated carbocycles. The zero-order valence-electron chi connectivity index (χ0n) is 10.0. The van der Waals surface area contributed by atoms with Crippen molar-refractivity contribution in [3.63, 3.8) is 0 Å². The van der Waals surface area contributed by atoms with E-state index in [4.69, 9.17) is 10.5 Å². The summed E-state index contributed by atoms with van der Waals surface area (Å²) in [6.45, 7) is 2.64. The number of carbonyl (C=O) groups is 1. The van der Waals surface area contributed by atoms with Crippen molar-refractivity contribution >= 4 is 5.91 Å². The molecule has 17 heavy (non-hydrogen) atoms. The van der Waals surface area contributed by atoms with Crippen LogP contribution >= 0.6 is 0 Å². The third-order valence-electron chi connectivity index (χ3n) is 2.58. The largest absolute Gasteiger partial charge is 0.492 e. The summed E-state index contributed by atoms with van der Waals surface area (Å²) in [5, 5.41) is 0. The third-order valence-corrected chi connectivity index (χ3v) is 2.58. The molecule has 4 nitrogen and oxygen atoms in total. The van der Waals surface area contributed by atoms with Crippen molar-refractivity contribution in [2.45, 2.75) is 13.0 Å². The molecule has 0 heterocycles. The van der Waals surface area contributed by atoms with Crippen molar-refractivity contribution in [1.29, 1.82) is 0 Å². The van der Waals surface area contributed by atoms with Crippen LogP contribution < -0.4 is 10.5 Å². The van der Waals surface area contributed by atoms with Gasteiger partial charge in [0, 0.05) is 12.6 Å². The Labute approximate surface area is 100 Å². The van der Waals surface area contributed by atoms with Crippen molar-refractivity contribution < 1.29 is 13.9 Å². The second-order valence-corrected chi connectivity index (χ2v) is 3.86. The van der Waals surface area contributed by atoms with Crippen LogP contribution in [0, 0.1) is 5.82 Å². The zero-order chi connectivity index (χ0) is 12.8. The number of hydrogen-bond donors (Lipinski definition) is 1. The summed E-state index contributed by atoms with van der Waals surface area (Å²) in [7, 11) is 1.78. The molecule has 0 aliphatic heterocycles. The number of primary amides is 1. The molecule has 1 unspecified atom stereocenters. The van der Waals surface area contributed by atoms with Gasteiger partial charge in [0.15, 0.2) is 0 Å². The van der Waals surface area contributed by atoms with Gasteiger partial charge in [-0.3, -0.25) is 9.69 Å². The summed E-state index contributed by atoms with van der Waals surface area (Å²) in [6.07, 6.45) is 0. The second-order valence-electron chi connectivity index (χ2n) is 3.86. The van der Waals surface area contributed by atoms with Gasteiger partial charge in [0.2, 0.25) is 5.91 Å². The molecule has 0 aliphatic rings. The molecule has 1 aromatic carbocycles. The van der Waals surface area contributed by atoms with Crippen LogP contribution in [-0.2, 0) is 4.79 Å². The Morgan fingerprint density at radius 1 is 1.59 bits per heavy atom. The molecule has 1 atom stereocenters. The predicted molar refractivity (Wildman–Crippen MR) is 63.2 cm³/mol. The van der Waals surface area contributed by atoms with Crippen molar-refractivity contribution in [1.82, 2.24) is 4.90 Å².